The minimum Gasteiger partial charge on any atom is -0.387 e. The quantitative estimate of drug-likeness (QED) is 0.218. The zero-order valence-corrected chi connectivity index (χ0v) is 11.9. The predicted octanol–water partition coefficient (Wildman–Crippen LogP) is -5.60. The van der Waals surface area contributed by atoms with Crippen molar-refractivity contribution in [1.29, 1.82) is 0 Å². The van der Waals surface area contributed by atoms with Crippen molar-refractivity contribution in [2.45, 2.75) is 36.6 Å². The van der Waals surface area contributed by atoms with Crippen LogP contribution in [-0.4, -0.2) is 87.2 Å². The van der Waals surface area contributed by atoms with E-state index >= 15 is 0 Å². The summed E-state index contributed by atoms with van der Waals surface area (Å²) >= 11 is 0. The molecule has 0 unspecified atom stereocenters. The number of rotatable bonds is 0. The van der Waals surface area contributed by atoms with Gasteiger partial charge in [-0.15, -0.1) is 0 Å². The SMILES string of the molecule is O=c1[nH]c(=O)c2[nH]c(=O)[nH]c2[nH]1.OC1C(O)C(O)C(O)C(O)C1O. The van der Waals surface area contributed by atoms with Crippen molar-refractivity contribution < 1.29 is 30.6 Å². The van der Waals surface area contributed by atoms with Gasteiger partial charge in [-0.2, -0.15) is 0 Å². The van der Waals surface area contributed by atoms with E-state index in [1.165, 1.54) is 0 Å². The first kappa shape index (κ1) is 18.1. The van der Waals surface area contributed by atoms with Gasteiger partial charge in [-0.25, -0.2) is 9.59 Å². The van der Waals surface area contributed by atoms with Crippen LogP contribution in [0.1, 0.15) is 0 Å². The Morgan fingerprint density at radius 2 is 0.875 bits per heavy atom. The molecule has 0 saturated heterocycles. The summed E-state index contributed by atoms with van der Waals surface area (Å²) in [7, 11) is 0. The van der Waals surface area contributed by atoms with Crippen LogP contribution in [0.2, 0.25) is 0 Å². The Kier molecular flexibility index (Phi) is 5.02. The van der Waals surface area contributed by atoms with Gasteiger partial charge in [-0.05, 0) is 0 Å². The van der Waals surface area contributed by atoms with Gasteiger partial charge in [0.2, 0.25) is 0 Å². The molecule has 134 valence electrons. The van der Waals surface area contributed by atoms with Crippen molar-refractivity contribution >= 4 is 11.2 Å². The molecule has 24 heavy (non-hydrogen) atoms. The third kappa shape index (κ3) is 3.30. The average molecular weight is 348 g/mol. The molecule has 0 amide bonds. The highest BCUT2D eigenvalue weighted by Gasteiger charge is 2.47. The van der Waals surface area contributed by atoms with E-state index in [0.717, 1.165) is 0 Å². The Morgan fingerprint density at radius 3 is 1.25 bits per heavy atom. The lowest BCUT2D eigenvalue weighted by Crippen LogP contribution is -2.63. The minimum absolute atomic E-state index is 0.0413. The summed E-state index contributed by atoms with van der Waals surface area (Å²) in [4.78, 5) is 41.0. The van der Waals surface area contributed by atoms with Crippen LogP contribution in [0.15, 0.2) is 14.4 Å². The van der Waals surface area contributed by atoms with Crippen LogP contribution >= 0.6 is 0 Å². The largest absolute Gasteiger partial charge is 0.387 e. The number of nitrogens with one attached hydrogen (secondary N) is 4. The van der Waals surface area contributed by atoms with Crippen LogP contribution in [-0.2, 0) is 0 Å². The van der Waals surface area contributed by atoms with Crippen molar-refractivity contribution in [3.05, 3.63) is 31.3 Å². The number of aromatic amines is 4. The van der Waals surface area contributed by atoms with E-state index in [0.29, 0.717) is 0 Å². The highest BCUT2D eigenvalue weighted by Crippen LogP contribution is 2.20. The maximum atomic E-state index is 10.9. The maximum absolute atomic E-state index is 10.9. The molecule has 13 nitrogen and oxygen atoms in total. The fourth-order valence-corrected chi connectivity index (χ4v) is 2.17. The molecule has 0 atom stereocenters. The fraction of sp³-hybridized carbons (Fsp3) is 0.545. The summed E-state index contributed by atoms with van der Waals surface area (Å²) in [6.45, 7) is 0. The number of hydrogen-bond donors (Lipinski definition) is 10. The molecule has 1 saturated carbocycles. The van der Waals surface area contributed by atoms with Gasteiger partial charge < -0.3 is 30.6 Å². The predicted molar refractivity (Wildman–Crippen MR) is 76.2 cm³/mol. The van der Waals surface area contributed by atoms with E-state index in [1.54, 1.807) is 0 Å². The third-order valence-corrected chi connectivity index (χ3v) is 3.52. The monoisotopic (exact) mass is 348 g/mol. The summed E-state index contributed by atoms with van der Waals surface area (Å²) in [5, 5.41) is 53.8. The number of hydrogen-bond acceptors (Lipinski definition) is 9. The average Bonchev–Trinajstić information content (AvgIpc) is 2.90. The highest BCUT2D eigenvalue weighted by molar-refractivity contribution is 5.67. The summed E-state index contributed by atoms with van der Waals surface area (Å²) in [6, 6.07) is 0. The Balaban J connectivity index is 0.000000174. The van der Waals surface area contributed by atoms with Gasteiger partial charge in [-0.3, -0.25) is 24.7 Å². The first-order valence-electron chi connectivity index (χ1n) is 6.66. The molecule has 3 rings (SSSR count). The number of H-pyrrole nitrogens is 4. The zero-order valence-electron chi connectivity index (χ0n) is 11.9. The van der Waals surface area contributed by atoms with Gasteiger partial charge in [0, 0.05) is 0 Å². The molecule has 1 fully saturated rings. The van der Waals surface area contributed by atoms with Crippen molar-refractivity contribution in [2.24, 2.45) is 0 Å². The Morgan fingerprint density at radius 1 is 0.542 bits per heavy atom. The van der Waals surface area contributed by atoms with Gasteiger partial charge in [0.1, 0.15) is 47.8 Å². The first-order valence-corrected chi connectivity index (χ1v) is 6.66. The summed E-state index contributed by atoms with van der Waals surface area (Å²) in [5.41, 5.74) is -1.65. The molecule has 2 aromatic heterocycles. The Hall–Kier alpha value is -2.29. The van der Waals surface area contributed by atoms with Gasteiger partial charge >= 0.3 is 11.4 Å². The van der Waals surface area contributed by atoms with E-state index in [-0.39, 0.29) is 11.2 Å². The molecular formula is C11H16N4O9. The van der Waals surface area contributed by atoms with Crippen LogP contribution in [0.4, 0.5) is 0 Å². The lowest BCUT2D eigenvalue weighted by atomic mass is 9.85. The second kappa shape index (κ2) is 6.68. The van der Waals surface area contributed by atoms with Crippen molar-refractivity contribution in [3.63, 3.8) is 0 Å². The first-order chi connectivity index (χ1) is 11.1. The van der Waals surface area contributed by atoms with Gasteiger partial charge in [0.15, 0.2) is 0 Å². The second-order valence-electron chi connectivity index (χ2n) is 5.18. The molecule has 0 bridgehead atoms. The molecule has 0 spiro atoms. The molecule has 0 aromatic carbocycles. The van der Waals surface area contributed by atoms with E-state index in [1.807, 2.05) is 4.98 Å². The normalized spacial score (nSPS) is 33.1. The number of aliphatic hydroxyl groups is 6. The Bertz CT molecular complexity index is 808. The molecule has 2 heterocycles. The summed E-state index contributed by atoms with van der Waals surface area (Å²) in [6.07, 6.45) is -9.84. The smallest absolute Gasteiger partial charge is 0.327 e. The summed E-state index contributed by atoms with van der Waals surface area (Å²) < 4.78 is 0. The van der Waals surface area contributed by atoms with Crippen LogP contribution < -0.4 is 16.9 Å². The molecule has 10 N–H and O–H groups in total. The fourth-order valence-electron chi connectivity index (χ4n) is 2.17. The van der Waals surface area contributed by atoms with Gasteiger partial charge in [0.05, 0.1) is 0 Å². The van der Waals surface area contributed by atoms with Crippen LogP contribution in [0.25, 0.3) is 11.2 Å². The molecular weight excluding hydrogens is 332 g/mol. The van der Waals surface area contributed by atoms with Gasteiger partial charge in [-0.1, -0.05) is 0 Å². The second-order valence-corrected chi connectivity index (χ2v) is 5.18. The maximum Gasteiger partial charge on any atom is 0.327 e. The topological polar surface area (TPSA) is 236 Å². The van der Waals surface area contributed by atoms with Crippen LogP contribution in [0, 0.1) is 0 Å². The Labute approximate surface area is 130 Å². The number of aliphatic hydroxyl groups excluding tert-OH is 6. The highest BCUT2D eigenvalue weighted by atomic mass is 16.4. The van der Waals surface area contributed by atoms with E-state index < -0.39 is 53.6 Å². The van der Waals surface area contributed by atoms with Crippen molar-refractivity contribution in [3.8, 4) is 0 Å². The molecule has 1 aliphatic carbocycles. The molecule has 13 heteroatoms. The van der Waals surface area contributed by atoms with Gasteiger partial charge in [0.25, 0.3) is 5.56 Å². The standard InChI is InChI=1S/C6H12O6.C5H4N4O3/c7-1-2(8)4(10)6(12)5(11)3(1)9;10-3-1-2(7-4(11)6-1)8-5(12)9-3/h1-12H;(H4,6,7,8,9,10,11,12). The molecule has 1 aliphatic rings. The lowest BCUT2D eigenvalue weighted by molar-refractivity contribution is -0.223. The van der Waals surface area contributed by atoms with Crippen molar-refractivity contribution in [1.82, 2.24) is 19.9 Å². The van der Waals surface area contributed by atoms with Crippen LogP contribution in [0.3, 0.4) is 0 Å². The number of imidazole rings is 1. The number of aromatic nitrogens is 4. The van der Waals surface area contributed by atoms with E-state index in [4.69, 9.17) is 30.6 Å². The molecule has 0 radical (unpaired) electrons. The van der Waals surface area contributed by atoms with Crippen molar-refractivity contribution in [2.75, 3.05) is 0 Å². The molecule has 2 aromatic rings. The minimum atomic E-state index is -1.64. The summed E-state index contributed by atoms with van der Waals surface area (Å²) in [5.74, 6) is 0. The van der Waals surface area contributed by atoms with E-state index in [9.17, 15) is 14.4 Å². The third-order valence-electron chi connectivity index (χ3n) is 3.52. The number of fused-ring (bicyclic) bond motifs is 1. The van der Waals surface area contributed by atoms with Crippen LogP contribution in [0.5, 0.6) is 0 Å². The van der Waals surface area contributed by atoms with E-state index in [2.05, 4.69) is 15.0 Å². The molecule has 0 aliphatic heterocycles. The lowest BCUT2D eigenvalue weighted by Gasteiger charge is -2.39. The zero-order chi connectivity index (χ0) is 18.2.